The molecule has 0 radical (unpaired) electrons. The summed E-state index contributed by atoms with van der Waals surface area (Å²) in [5.74, 6) is 0.780. The first kappa shape index (κ1) is 28.9. The molecule has 3 atom stereocenters. The quantitative estimate of drug-likeness (QED) is 0.333. The summed E-state index contributed by atoms with van der Waals surface area (Å²) in [4.78, 5) is 18.6. The highest BCUT2D eigenvalue weighted by Gasteiger charge is 2.33. The molecule has 0 unspecified atom stereocenters. The monoisotopic (exact) mass is 555 g/mol. The average Bonchev–Trinajstić information content (AvgIpc) is 3.28. The smallest absolute Gasteiger partial charge is 0.271 e. The summed E-state index contributed by atoms with van der Waals surface area (Å²) in [5.41, 5.74) is 5.77. The molecule has 0 aliphatic carbocycles. The molecular formula is C34H41N3O4. The number of ether oxygens (including phenoxy) is 2. The van der Waals surface area contributed by atoms with Crippen molar-refractivity contribution in [2.75, 3.05) is 33.9 Å². The molecule has 5 rings (SSSR count). The Morgan fingerprint density at radius 3 is 2.63 bits per heavy atom. The van der Waals surface area contributed by atoms with Crippen LogP contribution in [0.5, 0.6) is 5.75 Å². The number of aliphatic hydroxyl groups excluding tert-OH is 1. The van der Waals surface area contributed by atoms with Crippen molar-refractivity contribution in [3.63, 3.8) is 0 Å². The summed E-state index contributed by atoms with van der Waals surface area (Å²) in [6.07, 6.45) is -0.141. The summed E-state index contributed by atoms with van der Waals surface area (Å²) in [5, 5.41) is 11.2. The third-order valence-electron chi connectivity index (χ3n) is 8.30. The minimum Gasteiger partial charge on any atom is -0.497 e. The van der Waals surface area contributed by atoms with E-state index in [1.54, 1.807) is 7.11 Å². The number of hydrogen-bond donors (Lipinski definition) is 1. The number of amides is 1. The fourth-order valence-electron chi connectivity index (χ4n) is 5.98. The van der Waals surface area contributed by atoms with Crippen molar-refractivity contribution in [1.82, 2.24) is 14.4 Å². The van der Waals surface area contributed by atoms with Gasteiger partial charge in [0.2, 0.25) is 0 Å². The van der Waals surface area contributed by atoms with Gasteiger partial charge in [-0.2, -0.15) is 0 Å². The standard InChI is InChI=1S/C34H41N3O4/c1-23-18-37(24(2)21-38)34(39)33-32(29-15-8-9-16-30(29)36(33)4)28-14-7-6-12-26(28)22-41-31(23)20-35(3)19-25-11-10-13-27(17-25)40-5/h6-17,23-24,31,38H,18-22H2,1-5H3/t23-,24-,31-/m0/s1. The van der Waals surface area contributed by atoms with E-state index >= 15 is 0 Å². The van der Waals surface area contributed by atoms with E-state index in [9.17, 15) is 9.90 Å². The third-order valence-corrected chi connectivity index (χ3v) is 8.30. The van der Waals surface area contributed by atoms with Gasteiger partial charge < -0.3 is 24.0 Å². The molecule has 1 aliphatic heterocycles. The fourth-order valence-corrected chi connectivity index (χ4v) is 5.98. The molecule has 1 amide bonds. The summed E-state index contributed by atoms with van der Waals surface area (Å²) in [6.45, 7) is 6.26. The Kier molecular flexibility index (Phi) is 8.78. The van der Waals surface area contributed by atoms with E-state index in [1.807, 2.05) is 59.8 Å². The Hall–Kier alpha value is -3.65. The number of aliphatic hydroxyl groups is 1. The number of rotatable bonds is 7. The molecule has 0 saturated carbocycles. The van der Waals surface area contributed by atoms with E-state index in [1.165, 1.54) is 0 Å². The van der Waals surface area contributed by atoms with Crippen LogP contribution in [0, 0.1) is 5.92 Å². The van der Waals surface area contributed by atoms with E-state index < -0.39 is 0 Å². The van der Waals surface area contributed by atoms with E-state index in [2.05, 4.69) is 55.3 Å². The van der Waals surface area contributed by atoms with Gasteiger partial charge in [-0.1, -0.05) is 61.5 Å². The molecule has 0 spiro atoms. The molecule has 7 nitrogen and oxygen atoms in total. The molecule has 3 aromatic carbocycles. The molecule has 1 N–H and O–H groups in total. The van der Waals surface area contributed by atoms with Gasteiger partial charge in [0.1, 0.15) is 11.4 Å². The molecule has 0 bridgehead atoms. The largest absolute Gasteiger partial charge is 0.497 e. The van der Waals surface area contributed by atoms with Crippen LogP contribution in [-0.2, 0) is 24.9 Å². The Bertz CT molecular complexity index is 1510. The maximum Gasteiger partial charge on any atom is 0.271 e. The molecule has 216 valence electrons. The number of carbonyl (C=O) groups excluding carboxylic acids is 1. The zero-order valence-electron chi connectivity index (χ0n) is 24.7. The number of aryl methyl sites for hydroxylation is 1. The van der Waals surface area contributed by atoms with Crippen molar-refractivity contribution in [1.29, 1.82) is 0 Å². The summed E-state index contributed by atoms with van der Waals surface area (Å²) < 4.78 is 14.1. The van der Waals surface area contributed by atoms with Crippen molar-refractivity contribution >= 4 is 16.8 Å². The molecule has 1 aliphatic rings. The number of hydrogen-bond acceptors (Lipinski definition) is 5. The fraction of sp³-hybridized carbons (Fsp3) is 0.382. The number of fused-ring (bicyclic) bond motifs is 5. The van der Waals surface area contributed by atoms with E-state index in [4.69, 9.17) is 9.47 Å². The zero-order valence-corrected chi connectivity index (χ0v) is 24.7. The number of nitrogens with zero attached hydrogens (tertiary/aromatic N) is 3. The number of methoxy groups -OCH3 is 1. The van der Waals surface area contributed by atoms with Gasteiger partial charge in [-0.3, -0.25) is 9.69 Å². The predicted octanol–water partition coefficient (Wildman–Crippen LogP) is 5.34. The SMILES string of the molecule is COc1cccc(CN(C)C[C@@H]2OCc3ccccc3-c3c(n(C)c4ccccc34)C(=O)N([C@@H](C)CO)C[C@@H]2C)c1. The van der Waals surface area contributed by atoms with Crippen molar-refractivity contribution in [3.05, 3.63) is 89.6 Å². The second-order valence-corrected chi connectivity index (χ2v) is 11.3. The molecule has 2 heterocycles. The van der Waals surface area contributed by atoms with Gasteiger partial charge in [0, 0.05) is 49.1 Å². The minimum absolute atomic E-state index is 0.0177. The maximum absolute atomic E-state index is 14.5. The second kappa shape index (κ2) is 12.5. The molecule has 0 fully saturated rings. The van der Waals surface area contributed by atoms with Crippen LogP contribution in [0.3, 0.4) is 0 Å². The summed E-state index contributed by atoms with van der Waals surface area (Å²) in [6, 6.07) is 24.1. The number of likely N-dealkylation sites (N-methyl/N-ethyl adjacent to an activating group) is 1. The Morgan fingerprint density at radius 2 is 1.85 bits per heavy atom. The normalized spacial score (nSPS) is 18.6. The lowest BCUT2D eigenvalue weighted by atomic mass is 9.96. The first-order valence-corrected chi connectivity index (χ1v) is 14.3. The highest BCUT2D eigenvalue weighted by atomic mass is 16.5. The van der Waals surface area contributed by atoms with Gasteiger partial charge in [-0.05, 0) is 48.9 Å². The van der Waals surface area contributed by atoms with Crippen LogP contribution in [0.15, 0.2) is 72.8 Å². The summed E-state index contributed by atoms with van der Waals surface area (Å²) >= 11 is 0. The topological polar surface area (TPSA) is 67.2 Å². The van der Waals surface area contributed by atoms with Crippen LogP contribution in [0.25, 0.3) is 22.0 Å². The molecule has 1 aromatic heterocycles. The Morgan fingerprint density at radius 1 is 1.10 bits per heavy atom. The van der Waals surface area contributed by atoms with Crippen LogP contribution in [0.1, 0.15) is 35.5 Å². The van der Waals surface area contributed by atoms with Crippen molar-refractivity contribution in [3.8, 4) is 16.9 Å². The van der Waals surface area contributed by atoms with Gasteiger partial charge in [-0.15, -0.1) is 0 Å². The Labute approximate surface area is 242 Å². The second-order valence-electron chi connectivity index (χ2n) is 11.3. The van der Waals surface area contributed by atoms with Gasteiger partial charge in [-0.25, -0.2) is 0 Å². The number of para-hydroxylation sites is 1. The van der Waals surface area contributed by atoms with Gasteiger partial charge in [0.05, 0.1) is 32.5 Å². The first-order chi connectivity index (χ1) is 19.8. The van der Waals surface area contributed by atoms with Crippen molar-refractivity contribution in [2.24, 2.45) is 13.0 Å². The van der Waals surface area contributed by atoms with Crippen LogP contribution >= 0.6 is 0 Å². The van der Waals surface area contributed by atoms with Crippen molar-refractivity contribution in [2.45, 2.75) is 39.1 Å². The highest BCUT2D eigenvalue weighted by molar-refractivity contribution is 6.10. The van der Waals surface area contributed by atoms with Crippen LogP contribution in [0.4, 0.5) is 0 Å². The third kappa shape index (κ3) is 5.89. The molecule has 4 aromatic rings. The minimum atomic E-state index is -0.345. The zero-order chi connectivity index (χ0) is 29.1. The number of aromatic nitrogens is 1. The summed E-state index contributed by atoms with van der Waals surface area (Å²) in [7, 11) is 5.73. The van der Waals surface area contributed by atoms with E-state index in [0.717, 1.165) is 45.5 Å². The lowest BCUT2D eigenvalue weighted by Crippen LogP contribution is -2.47. The maximum atomic E-state index is 14.5. The highest BCUT2D eigenvalue weighted by Crippen LogP contribution is 2.38. The van der Waals surface area contributed by atoms with Crippen LogP contribution < -0.4 is 4.74 Å². The van der Waals surface area contributed by atoms with Gasteiger partial charge in [0.15, 0.2) is 0 Å². The number of carbonyl (C=O) groups is 1. The lowest BCUT2D eigenvalue weighted by molar-refractivity contribution is -0.0242. The van der Waals surface area contributed by atoms with Crippen LogP contribution in [0.2, 0.25) is 0 Å². The van der Waals surface area contributed by atoms with Crippen molar-refractivity contribution < 1.29 is 19.4 Å². The predicted molar refractivity (Wildman–Crippen MR) is 163 cm³/mol. The Balaban J connectivity index is 1.55. The van der Waals surface area contributed by atoms with E-state index in [-0.39, 0.29) is 30.6 Å². The van der Waals surface area contributed by atoms with E-state index in [0.29, 0.717) is 25.4 Å². The number of benzene rings is 3. The lowest BCUT2D eigenvalue weighted by Gasteiger charge is -2.35. The van der Waals surface area contributed by atoms with Crippen LogP contribution in [-0.4, -0.2) is 71.4 Å². The molecular weight excluding hydrogens is 514 g/mol. The molecule has 0 saturated heterocycles. The van der Waals surface area contributed by atoms with Gasteiger partial charge >= 0.3 is 0 Å². The molecule has 7 heteroatoms. The first-order valence-electron chi connectivity index (χ1n) is 14.3. The molecule has 41 heavy (non-hydrogen) atoms. The van der Waals surface area contributed by atoms with Gasteiger partial charge in [0.25, 0.3) is 5.91 Å². The average molecular weight is 556 g/mol.